The molecule has 0 radical (unpaired) electrons. The van der Waals surface area contributed by atoms with Crippen LogP contribution in [0.1, 0.15) is 27.1 Å². The Balaban J connectivity index is 2.53. The zero-order valence-corrected chi connectivity index (χ0v) is 7.77. The monoisotopic (exact) mass is 204 g/mol. The molecule has 1 aliphatic rings. The number of rotatable bonds is 1. The van der Waals surface area contributed by atoms with Gasteiger partial charge in [-0.05, 0) is 0 Å². The summed E-state index contributed by atoms with van der Waals surface area (Å²) in [5, 5.41) is 8.78. The van der Waals surface area contributed by atoms with Crippen molar-refractivity contribution in [3.8, 4) is 0 Å². The number of hydrogen-bond acceptors (Lipinski definition) is 3. The first kappa shape index (κ1) is 9.58. The van der Waals surface area contributed by atoms with Gasteiger partial charge in [0.15, 0.2) is 11.6 Å². The lowest BCUT2D eigenvalue weighted by atomic mass is 9.82. The molecule has 4 nitrogen and oxygen atoms in total. The zero-order chi connectivity index (χ0) is 11.0. The molecule has 0 bridgehead atoms. The second-order valence-corrected chi connectivity index (χ2v) is 3.43. The van der Waals surface area contributed by atoms with E-state index in [0.717, 1.165) is 0 Å². The van der Waals surface area contributed by atoms with Gasteiger partial charge in [-0.3, -0.25) is 14.4 Å². The largest absolute Gasteiger partial charge is 0.481 e. The number of benzene rings is 1. The van der Waals surface area contributed by atoms with Crippen molar-refractivity contribution >= 4 is 17.5 Å². The van der Waals surface area contributed by atoms with Crippen LogP contribution < -0.4 is 0 Å². The highest BCUT2D eigenvalue weighted by Crippen LogP contribution is 2.25. The van der Waals surface area contributed by atoms with Crippen LogP contribution in [0.15, 0.2) is 24.3 Å². The van der Waals surface area contributed by atoms with Gasteiger partial charge in [-0.15, -0.1) is 0 Å². The SMILES string of the molecule is O=C1CC(C(=O)O)C(=O)c2ccccc21. The van der Waals surface area contributed by atoms with E-state index in [1.54, 1.807) is 18.2 Å². The van der Waals surface area contributed by atoms with E-state index in [4.69, 9.17) is 5.11 Å². The Labute approximate surface area is 85.5 Å². The Morgan fingerprint density at radius 2 is 1.80 bits per heavy atom. The van der Waals surface area contributed by atoms with E-state index in [0.29, 0.717) is 5.56 Å². The summed E-state index contributed by atoms with van der Waals surface area (Å²) < 4.78 is 0. The third-order valence-corrected chi connectivity index (χ3v) is 2.50. The van der Waals surface area contributed by atoms with Crippen molar-refractivity contribution in [1.82, 2.24) is 0 Å². The van der Waals surface area contributed by atoms with E-state index >= 15 is 0 Å². The van der Waals surface area contributed by atoms with Crippen molar-refractivity contribution in [3.63, 3.8) is 0 Å². The highest BCUT2D eigenvalue weighted by molar-refractivity contribution is 6.20. The Morgan fingerprint density at radius 3 is 2.40 bits per heavy atom. The molecule has 2 rings (SSSR count). The molecule has 15 heavy (non-hydrogen) atoms. The van der Waals surface area contributed by atoms with Gasteiger partial charge in [0.25, 0.3) is 0 Å². The Kier molecular flexibility index (Phi) is 2.11. The summed E-state index contributed by atoms with van der Waals surface area (Å²) in [6.45, 7) is 0. The fourth-order valence-electron chi connectivity index (χ4n) is 1.72. The average Bonchev–Trinajstić information content (AvgIpc) is 2.23. The fraction of sp³-hybridized carbons (Fsp3) is 0.182. The zero-order valence-electron chi connectivity index (χ0n) is 7.77. The van der Waals surface area contributed by atoms with Gasteiger partial charge in [-0.2, -0.15) is 0 Å². The summed E-state index contributed by atoms with van der Waals surface area (Å²) in [4.78, 5) is 33.9. The van der Waals surface area contributed by atoms with E-state index in [-0.39, 0.29) is 17.8 Å². The van der Waals surface area contributed by atoms with Crippen molar-refractivity contribution in [2.45, 2.75) is 6.42 Å². The van der Waals surface area contributed by atoms with Crippen LogP contribution in [0.4, 0.5) is 0 Å². The van der Waals surface area contributed by atoms with Crippen LogP contribution in [0.25, 0.3) is 0 Å². The van der Waals surface area contributed by atoms with Crippen LogP contribution >= 0.6 is 0 Å². The van der Waals surface area contributed by atoms with Crippen LogP contribution in [0.2, 0.25) is 0 Å². The first-order valence-electron chi connectivity index (χ1n) is 4.50. The smallest absolute Gasteiger partial charge is 0.314 e. The Hall–Kier alpha value is -1.97. The topological polar surface area (TPSA) is 71.4 Å². The van der Waals surface area contributed by atoms with Gasteiger partial charge >= 0.3 is 5.97 Å². The number of Topliss-reactive ketones (excluding diaryl/α,β-unsaturated/α-hetero) is 2. The van der Waals surface area contributed by atoms with Crippen LogP contribution in [0.5, 0.6) is 0 Å². The lowest BCUT2D eigenvalue weighted by molar-refractivity contribution is -0.139. The van der Waals surface area contributed by atoms with E-state index < -0.39 is 17.7 Å². The maximum absolute atomic E-state index is 11.7. The number of ketones is 2. The van der Waals surface area contributed by atoms with Crippen molar-refractivity contribution in [1.29, 1.82) is 0 Å². The molecule has 76 valence electrons. The molecule has 0 heterocycles. The summed E-state index contributed by atoms with van der Waals surface area (Å²) in [7, 11) is 0. The molecule has 1 N–H and O–H groups in total. The maximum Gasteiger partial charge on any atom is 0.314 e. The number of hydrogen-bond donors (Lipinski definition) is 1. The molecule has 1 aromatic carbocycles. The molecular weight excluding hydrogens is 196 g/mol. The molecule has 0 aliphatic heterocycles. The van der Waals surface area contributed by atoms with Gasteiger partial charge in [0.2, 0.25) is 0 Å². The first-order valence-corrected chi connectivity index (χ1v) is 4.50. The van der Waals surface area contributed by atoms with Gasteiger partial charge in [0.1, 0.15) is 5.92 Å². The average molecular weight is 204 g/mol. The molecular formula is C11H8O4. The van der Waals surface area contributed by atoms with Gasteiger partial charge in [-0.25, -0.2) is 0 Å². The van der Waals surface area contributed by atoms with Gasteiger partial charge in [0, 0.05) is 17.5 Å². The molecule has 0 saturated carbocycles. The number of carbonyl (C=O) groups excluding carboxylic acids is 2. The number of aliphatic carboxylic acids is 1. The third-order valence-electron chi connectivity index (χ3n) is 2.50. The molecule has 0 amide bonds. The fourth-order valence-corrected chi connectivity index (χ4v) is 1.72. The minimum atomic E-state index is -1.23. The van der Waals surface area contributed by atoms with Gasteiger partial charge < -0.3 is 5.11 Å². The van der Waals surface area contributed by atoms with Crippen LogP contribution in [-0.4, -0.2) is 22.6 Å². The number of carboxylic acids is 1. The molecule has 1 unspecified atom stereocenters. The normalized spacial score (nSPS) is 19.9. The molecule has 0 saturated heterocycles. The lowest BCUT2D eigenvalue weighted by Gasteiger charge is -2.18. The van der Waals surface area contributed by atoms with Crippen LogP contribution in [-0.2, 0) is 4.79 Å². The van der Waals surface area contributed by atoms with Crippen molar-refractivity contribution in [2.24, 2.45) is 5.92 Å². The maximum atomic E-state index is 11.7. The summed E-state index contributed by atoms with van der Waals surface area (Å²) in [6, 6.07) is 6.32. The Morgan fingerprint density at radius 1 is 1.20 bits per heavy atom. The van der Waals surface area contributed by atoms with Crippen LogP contribution in [0.3, 0.4) is 0 Å². The molecule has 1 aliphatic carbocycles. The standard InChI is InChI=1S/C11H8O4/c12-9-5-8(11(14)15)10(13)7-4-2-1-3-6(7)9/h1-4,8H,5H2,(H,14,15). The first-order chi connectivity index (χ1) is 7.11. The summed E-state index contributed by atoms with van der Waals surface area (Å²) >= 11 is 0. The molecule has 0 fully saturated rings. The summed E-state index contributed by atoms with van der Waals surface area (Å²) in [5.74, 6) is -3.20. The highest BCUT2D eigenvalue weighted by atomic mass is 16.4. The van der Waals surface area contributed by atoms with E-state index in [1.807, 2.05) is 0 Å². The number of fused-ring (bicyclic) bond motifs is 1. The second kappa shape index (κ2) is 3.31. The number of carboxylic acid groups (broad SMARTS) is 1. The van der Waals surface area contributed by atoms with Crippen molar-refractivity contribution < 1.29 is 19.5 Å². The molecule has 4 heteroatoms. The number of carbonyl (C=O) groups is 3. The molecule has 0 spiro atoms. The molecule has 0 aromatic heterocycles. The minimum Gasteiger partial charge on any atom is -0.481 e. The van der Waals surface area contributed by atoms with E-state index in [1.165, 1.54) is 6.07 Å². The molecule has 1 aromatic rings. The second-order valence-electron chi connectivity index (χ2n) is 3.43. The Bertz CT molecular complexity index is 461. The molecule has 1 atom stereocenters. The van der Waals surface area contributed by atoms with E-state index in [2.05, 4.69) is 0 Å². The highest BCUT2D eigenvalue weighted by Gasteiger charge is 2.36. The van der Waals surface area contributed by atoms with Crippen molar-refractivity contribution in [2.75, 3.05) is 0 Å². The predicted octanol–water partition coefficient (Wildman–Crippen LogP) is 1.16. The van der Waals surface area contributed by atoms with Gasteiger partial charge in [-0.1, -0.05) is 24.3 Å². The van der Waals surface area contributed by atoms with Gasteiger partial charge in [0.05, 0.1) is 0 Å². The minimum absolute atomic E-state index is 0.223. The van der Waals surface area contributed by atoms with E-state index in [9.17, 15) is 14.4 Å². The third kappa shape index (κ3) is 1.44. The predicted molar refractivity (Wildman–Crippen MR) is 50.8 cm³/mol. The summed E-state index contributed by atoms with van der Waals surface area (Å²) in [6.07, 6.45) is -0.231. The van der Waals surface area contributed by atoms with Crippen molar-refractivity contribution in [3.05, 3.63) is 35.4 Å². The summed E-state index contributed by atoms with van der Waals surface area (Å²) in [5.41, 5.74) is 0.557. The lowest BCUT2D eigenvalue weighted by Crippen LogP contribution is -2.32. The quantitative estimate of drug-likeness (QED) is 0.696. The van der Waals surface area contributed by atoms with Crippen LogP contribution in [0, 0.1) is 5.92 Å².